The standard InChI is InChI=1S/C6H11NO9P2/c8-4-2-1-3(5(9)10)7(4)6(17(11,12)13)18(14,15)16/h3,6H,1-2H2,(H,9,10)(H2,11,12,13)(H2,14,15,16). The quantitative estimate of drug-likeness (QED) is 0.395. The molecule has 0 aromatic rings. The summed E-state index contributed by atoms with van der Waals surface area (Å²) in [7, 11) is -10.8. The van der Waals surface area contributed by atoms with Crippen molar-refractivity contribution in [2.45, 2.75) is 24.4 Å². The monoisotopic (exact) mass is 303 g/mol. The van der Waals surface area contributed by atoms with Crippen LogP contribution < -0.4 is 0 Å². The van der Waals surface area contributed by atoms with Crippen LogP contribution in [0.15, 0.2) is 0 Å². The van der Waals surface area contributed by atoms with Crippen LogP contribution in [0.4, 0.5) is 0 Å². The average molecular weight is 303 g/mol. The lowest BCUT2D eigenvalue weighted by Gasteiger charge is -2.31. The number of hydrogen-bond acceptors (Lipinski definition) is 4. The first kappa shape index (κ1) is 15.3. The van der Waals surface area contributed by atoms with Crippen LogP contribution in [-0.2, 0) is 18.7 Å². The Morgan fingerprint density at radius 1 is 1.22 bits per heavy atom. The third-order valence-electron chi connectivity index (χ3n) is 2.39. The van der Waals surface area contributed by atoms with E-state index in [1.54, 1.807) is 0 Å². The molecule has 12 heteroatoms. The predicted molar refractivity (Wildman–Crippen MR) is 55.4 cm³/mol. The van der Waals surface area contributed by atoms with Gasteiger partial charge in [0.15, 0.2) is 0 Å². The second kappa shape index (κ2) is 4.73. The van der Waals surface area contributed by atoms with Crippen LogP contribution in [0.3, 0.4) is 0 Å². The van der Waals surface area contributed by atoms with Crippen molar-refractivity contribution in [1.82, 2.24) is 4.90 Å². The Kier molecular flexibility index (Phi) is 4.02. The van der Waals surface area contributed by atoms with E-state index in [2.05, 4.69) is 0 Å². The molecule has 1 rings (SSSR count). The summed E-state index contributed by atoms with van der Waals surface area (Å²) in [6.07, 6.45) is -0.599. The lowest BCUT2D eigenvalue weighted by molar-refractivity contribution is -0.146. The molecule has 5 N–H and O–H groups in total. The summed E-state index contributed by atoms with van der Waals surface area (Å²) < 4.78 is 22.2. The summed E-state index contributed by atoms with van der Waals surface area (Å²) in [5.74, 6) is -2.59. The van der Waals surface area contributed by atoms with Crippen LogP contribution in [0.1, 0.15) is 12.8 Å². The molecule has 10 nitrogen and oxygen atoms in total. The van der Waals surface area contributed by atoms with Gasteiger partial charge in [-0.25, -0.2) is 4.79 Å². The lowest BCUT2D eigenvalue weighted by Crippen LogP contribution is -2.45. The molecule has 0 bridgehead atoms. The van der Waals surface area contributed by atoms with Gasteiger partial charge in [-0.3, -0.25) is 13.9 Å². The van der Waals surface area contributed by atoms with Gasteiger partial charge in [0, 0.05) is 6.42 Å². The number of amides is 1. The first-order valence-corrected chi connectivity index (χ1v) is 7.97. The van der Waals surface area contributed by atoms with Crippen molar-refractivity contribution in [3.63, 3.8) is 0 Å². The van der Waals surface area contributed by atoms with Crippen LogP contribution >= 0.6 is 15.2 Å². The van der Waals surface area contributed by atoms with Crippen molar-refractivity contribution in [3.8, 4) is 0 Å². The van der Waals surface area contributed by atoms with Gasteiger partial charge in [0.05, 0.1) is 0 Å². The first-order chi connectivity index (χ1) is 7.96. The summed E-state index contributed by atoms with van der Waals surface area (Å²) in [6, 6.07) is -1.65. The molecule has 0 aromatic heterocycles. The van der Waals surface area contributed by atoms with E-state index in [9.17, 15) is 18.7 Å². The van der Waals surface area contributed by atoms with Gasteiger partial charge in [-0.05, 0) is 6.42 Å². The minimum atomic E-state index is -5.38. The predicted octanol–water partition coefficient (Wildman–Crippen LogP) is -1.30. The molecular weight excluding hydrogens is 292 g/mol. The maximum Gasteiger partial charge on any atom is 0.360 e. The minimum absolute atomic E-state index is 0.0872. The fraction of sp³-hybridized carbons (Fsp3) is 0.667. The number of carbonyl (C=O) groups excluding carboxylic acids is 1. The molecule has 1 amide bonds. The number of nitrogens with zero attached hydrogens (tertiary/aromatic N) is 1. The largest absolute Gasteiger partial charge is 0.480 e. The zero-order valence-corrected chi connectivity index (χ0v) is 10.6. The normalized spacial score (nSPS) is 21.7. The Morgan fingerprint density at radius 3 is 2.00 bits per heavy atom. The molecule has 0 aliphatic carbocycles. The molecule has 1 aliphatic heterocycles. The van der Waals surface area contributed by atoms with Gasteiger partial charge in [-0.15, -0.1) is 0 Å². The number of hydrogen-bond donors (Lipinski definition) is 5. The Morgan fingerprint density at radius 2 is 1.67 bits per heavy atom. The van der Waals surface area contributed by atoms with Gasteiger partial charge in [0.1, 0.15) is 6.04 Å². The fourth-order valence-electron chi connectivity index (χ4n) is 1.75. The number of likely N-dealkylation sites (tertiary alicyclic amines) is 1. The van der Waals surface area contributed by atoms with Crippen LogP contribution in [0.5, 0.6) is 0 Å². The van der Waals surface area contributed by atoms with Crippen LogP contribution in [0, 0.1) is 0 Å². The van der Waals surface area contributed by atoms with Gasteiger partial charge in [0.2, 0.25) is 11.4 Å². The number of carbonyl (C=O) groups is 2. The van der Waals surface area contributed by atoms with Crippen molar-refractivity contribution in [2.75, 3.05) is 0 Å². The van der Waals surface area contributed by atoms with E-state index < -0.39 is 38.6 Å². The smallest absolute Gasteiger partial charge is 0.360 e. The lowest BCUT2D eigenvalue weighted by atomic mass is 10.2. The molecule has 0 saturated carbocycles. The highest BCUT2D eigenvalue weighted by Gasteiger charge is 2.55. The summed E-state index contributed by atoms with van der Waals surface area (Å²) in [5.41, 5.74) is -2.75. The molecule has 1 aliphatic rings. The molecule has 104 valence electrons. The molecule has 1 fully saturated rings. The minimum Gasteiger partial charge on any atom is -0.480 e. The number of rotatable bonds is 4. The van der Waals surface area contributed by atoms with Crippen molar-refractivity contribution in [3.05, 3.63) is 0 Å². The van der Waals surface area contributed by atoms with Gasteiger partial charge >= 0.3 is 21.2 Å². The Labute approximate surface area is 101 Å². The highest BCUT2D eigenvalue weighted by Crippen LogP contribution is 2.62. The van der Waals surface area contributed by atoms with E-state index >= 15 is 0 Å². The Hall–Kier alpha value is -0.760. The third kappa shape index (κ3) is 2.97. The molecule has 1 unspecified atom stereocenters. The second-order valence-electron chi connectivity index (χ2n) is 3.72. The molecule has 0 radical (unpaired) electrons. The topological polar surface area (TPSA) is 173 Å². The third-order valence-corrected chi connectivity index (χ3v) is 5.90. The van der Waals surface area contributed by atoms with E-state index in [-0.39, 0.29) is 17.7 Å². The number of carboxylic acid groups (broad SMARTS) is 1. The molecule has 1 atom stereocenters. The SMILES string of the molecule is O=C(O)C1CCC(=O)N1C(P(=O)(O)O)P(=O)(O)O. The second-order valence-corrected chi connectivity index (χ2v) is 7.46. The summed E-state index contributed by atoms with van der Waals surface area (Å²) in [5, 5.41) is 8.78. The summed E-state index contributed by atoms with van der Waals surface area (Å²) >= 11 is 0. The fourth-order valence-corrected chi connectivity index (χ4v) is 4.55. The molecule has 0 spiro atoms. The maximum atomic E-state index is 11.4. The van der Waals surface area contributed by atoms with E-state index in [1.165, 1.54) is 0 Å². The Balaban J connectivity index is 3.28. The van der Waals surface area contributed by atoms with Gasteiger partial charge in [-0.1, -0.05) is 0 Å². The number of carboxylic acids is 1. The zero-order chi connectivity index (χ0) is 14.3. The van der Waals surface area contributed by atoms with E-state index in [0.29, 0.717) is 0 Å². The Bertz CT molecular complexity index is 442. The van der Waals surface area contributed by atoms with Crippen molar-refractivity contribution in [1.29, 1.82) is 0 Å². The average Bonchev–Trinajstić information content (AvgIpc) is 2.43. The summed E-state index contributed by atoms with van der Waals surface area (Å²) in [6.45, 7) is 0. The summed E-state index contributed by atoms with van der Waals surface area (Å²) in [4.78, 5) is 58.0. The maximum absolute atomic E-state index is 11.4. The van der Waals surface area contributed by atoms with Crippen LogP contribution in [0.2, 0.25) is 0 Å². The van der Waals surface area contributed by atoms with Crippen LogP contribution in [-0.4, -0.2) is 53.0 Å². The van der Waals surface area contributed by atoms with Crippen molar-refractivity contribution in [2.24, 2.45) is 0 Å². The molecule has 1 heterocycles. The van der Waals surface area contributed by atoms with E-state index in [0.717, 1.165) is 0 Å². The molecular formula is C6H11NO9P2. The van der Waals surface area contributed by atoms with Gasteiger partial charge in [0.25, 0.3) is 0 Å². The van der Waals surface area contributed by atoms with Gasteiger partial charge in [-0.2, -0.15) is 0 Å². The van der Waals surface area contributed by atoms with E-state index in [4.69, 9.17) is 24.7 Å². The molecule has 18 heavy (non-hydrogen) atoms. The highest BCUT2D eigenvalue weighted by atomic mass is 31.2. The van der Waals surface area contributed by atoms with Crippen LogP contribution in [0.25, 0.3) is 0 Å². The van der Waals surface area contributed by atoms with Crippen molar-refractivity contribution >= 4 is 27.1 Å². The number of aliphatic carboxylic acids is 1. The van der Waals surface area contributed by atoms with E-state index in [1.807, 2.05) is 0 Å². The highest BCUT2D eigenvalue weighted by molar-refractivity contribution is 7.70. The van der Waals surface area contributed by atoms with Crippen molar-refractivity contribution < 1.29 is 43.4 Å². The first-order valence-electron chi connectivity index (χ1n) is 4.60. The van der Waals surface area contributed by atoms with Gasteiger partial charge < -0.3 is 29.6 Å². The molecule has 1 saturated heterocycles. The molecule has 0 aromatic carbocycles. The zero-order valence-electron chi connectivity index (χ0n) is 8.78.